The lowest BCUT2D eigenvalue weighted by Gasteiger charge is -2.34. The van der Waals surface area contributed by atoms with Crippen LogP contribution >= 0.6 is 11.6 Å². The van der Waals surface area contributed by atoms with Crippen molar-refractivity contribution in [2.45, 2.75) is 32.4 Å². The van der Waals surface area contributed by atoms with Crippen molar-refractivity contribution in [3.63, 3.8) is 0 Å². The molecule has 2 atom stereocenters. The molecule has 3 nitrogen and oxygen atoms in total. The number of nitrogens with zero attached hydrogens (tertiary/aromatic N) is 1. The number of rotatable bonds is 6. The largest absolute Gasteiger partial charge is 0.379 e. The molecule has 1 aromatic rings. The second kappa shape index (κ2) is 7.99. The van der Waals surface area contributed by atoms with E-state index >= 15 is 0 Å². The molecule has 0 bridgehead atoms. The Morgan fingerprint density at radius 2 is 2.15 bits per heavy atom. The van der Waals surface area contributed by atoms with Crippen LogP contribution in [0.1, 0.15) is 31.9 Å². The van der Waals surface area contributed by atoms with Gasteiger partial charge in [-0.3, -0.25) is 4.90 Å². The molecular weight excluding hydrogens is 272 g/mol. The molecular formula is C16H25ClN2O. The van der Waals surface area contributed by atoms with Gasteiger partial charge in [0.05, 0.1) is 13.2 Å². The lowest BCUT2D eigenvalue weighted by atomic mass is 10.0. The fourth-order valence-electron chi connectivity index (χ4n) is 2.72. The van der Waals surface area contributed by atoms with Crippen LogP contribution in [-0.4, -0.2) is 43.8 Å². The van der Waals surface area contributed by atoms with Gasteiger partial charge in [-0.05, 0) is 37.6 Å². The lowest BCUT2D eigenvalue weighted by Crippen LogP contribution is -2.44. The zero-order valence-corrected chi connectivity index (χ0v) is 13.2. The Hall–Kier alpha value is -0.610. The third kappa shape index (κ3) is 4.45. The first-order valence-electron chi connectivity index (χ1n) is 7.51. The molecule has 1 aromatic carbocycles. The monoisotopic (exact) mass is 296 g/mol. The summed E-state index contributed by atoms with van der Waals surface area (Å²) in [6, 6.07) is 9.11. The third-order valence-corrected chi connectivity index (χ3v) is 4.19. The van der Waals surface area contributed by atoms with Crippen molar-refractivity contribution in [1.82, 2.24) is 10.2 Å². The number of morpholine rings is 1. The molecule has 0 radical (unpaired) electrons. The molecule has 2 rings (SSSR count). The Balaban J connectivity index is 1.93. The number of ether oxygens (including phenoxy) is 1. The van der Waals surface area contributed by atoms with Gasteiger partial charge in [-0.2, -0.15) is 0 Å². The minimum absolute atomic E-state index is 0.396. The van der Waals surface area contributed by atoms with Crippen molar-refractivity contribution in [1.29, 1.82) is 0 Å². The predicted molar refractivity (Wildman–Crippen MR) is 84.3 cm³/mol. The number of benzene rings is 1. The van der Waals surface area contributed by atoms with Gasteiger partial charge in [0.2, 0.25) is 0 Å². The van der Waals surface area contributed by atoms with Crippen molar-refractivity contribution in [3.05, 3.63) is 34.9 Å². The van der Waals surface area contributed by atoms with Crippen LogP contribution < -0.4 is 5.32 Å². The van der Waals surface area contributed by atoms with E-state index in [2.05, 4.69) is 36.2 Å². The zero-order valence-electron chi connectivity index (χ0n) is 12.4. The van der Waals surface area contributed by atoms with Crippen LogP contribution in [0.25, 0.3) is 0 Å². The van der Waals surface area contributed by atoms with E-state index in [1.54, 1.807) is 0 Å². The van der Waals surface area contributed by atoms with Crippen molar-refractivity contribution in [2.24, 2.45) is 0 Å². The highest BCUT2D eigenvalue weighted by molar-refractivity contribution is 6.30. The van der Waals surface area contributed by atoms with Crippen LogP contribution in [-0.2, 0) is 4.74 Å². The van der Waals surface area contributed by atoms with E-state index in [1.165, 1.54) is 5.56 Å². The summed E-state index contributed by atoms with van der Waals surface area (Å²) in [7, 11) is 0. The molecule has 0 spiro atoms. The maximum Gasteiger partial charge on any atom is 0.0619 e. The topological polar surface area (TPSA) is 24.5 Å². The van der Waals surface area contributed by atoms with E-state index in [0.717, 1.165) is 44.3 Å². The molecule has 1 aliphatic rings. The van der Waals surface area contributed by atoms with Crippen LogP contribution in [0.15, 0.2) is 24.3 Å². The van der Waals surface area contributed by atoms with Gasteiger partial charge in [0.1, 0.15) is 0 Å². The molecule has 1 N–H and O–H groups in total. The molecule has 1 heterocycles. The molecule has 4 heteroatoms. The SMILES string of the molecule is CCNC(CCN1CCOCC1C)c1ccc(Cl)cc1. The molecule has 1 saturated heterocycles. The maximum absolute atomic E-state index is 5.97. The smallest absolute Gasteiger partial charge is 0.0619 e. The van der Waals surface area contributed by atoms with Crippen LogP contribution in [0, 0.1) is 0 Å². The Morgan fingerprint density at radius 3 is 2.80 bits per heavy atom. The minimum Gasteiger partial charge on any atom is -0.379 e. The summed E-state index contributed by atoms with van der Waals surface area (Å²) < 4.78 is 5.49. The summed E-state index contributed by atoms with van der Waals surface area (Å²) in [6.45, 7) is 9.23. The first kappa shape index (κ1) is 15.8. The summed E-state index contributed by atoms with van der Waals surface area (Å²) in [5.41, 5.74) is 1.32. The van der Waals surface area contributed by atoms with E-state index in [0.29, 0.717) is 12.1 Å². The number of hydrogen-bond acceptors (Lipinski definition) is 3. The highest BCUT2D eigenvalue weighted by Crippen LogP contribution is 2.20. The van der Waals surface area contributed by atoms with Gasteiger partial charge in [0, 0.05) is 30.2 Å². The van der Waals surface area contributed by atoms with Crippen molar-refractivity contribution < 1.29 is 4.74 Å². The maximum atomic E-state index is 5.97. The van der Waals surface area contributed by atoms with E-state index in [1.807, 2.05) is 12.1 Å². The second-order valence-corrected chi connectivity index (χ2v) is 5.85. The highest BCUT2D eigenvalue weighted by Gasteiger charge is 2.20. The number of hydrogen-bond donors (Lipinski definition) is 1. The molecule has 1 fully saturated rings. The van der Waals surface area contributed by atoms with Crippen LogP contribution in [0.5, 0.6) is 0 Å². The fraction of sp³-hybridized carbons (Fsp3) is 0.625. The molecule has 0 aromatic heterocycles. The second-order valence-electron chi connectivity index (χ2n) is 5.41. The summed E-state index contributed by atoms with van der Waals surface area (Å²) in [5, 5.41) is 4.37. The average Bonchev–Trinajstić information content (AvgIpc) is 2.46. The first-order chi connectivity index (χ1) is 9.70. The van der Waals surface area contributed by atoms with Crippen LogP contribution in [0.4, 0.5) is 0 Å². The molecule has 0 amide bonds. The Morgan fingerprint density at radius 1 is 1.40 bits per heavy atom. The molecule has 1 aliphatic heterocycles. The fourth-order valence-corrected chi connectivity index (χ4v) is 2.84. The van der Waals surface area contributed by atoms with Crippen LogP contribution in [0.2, 0.25) is 5.02 Å². The Kier molecular flexibility index (Phi) is 6.30. The zero-order chi connectivity index (χ0) is 14.4. The van der Waals surface area contributed by atoms with Crippen LogP contribution in [0.3, 0.4) is 0 Å². The average molecular weight is 297 g/mol. The highest BCUT2D eigenvalue weighted by atomic mass is 35.5. The van der Waals surface area contributed by atoms with E-state index in [4.69, 9.17) is 16.3 Å². The van der Waals surface area contributed by atoms with Gasteiger partial charge < -0.3 is 10.1 Å². The summed E-state index contributed by atoms with van der Waals surface area (Å²) >= 11 is 5.97. The number of nitrogens with one attached hydrogen (secondary N) is 1. The summed E-state index contributed by atoms with van der Waals surface area (Å²) in [5.74, 6) is 0. The standard InChI is InChI=1S/C16H25ClN2O/c1-3-18-16(14-4-6-15(17)7-5-14)8-9-19-10-11-20-12-13(19)2/h4-7,13,16,18H,3,8-12H2,1-2H3. The van der Waals surface area contributed by atoms with Gasteiger partial charge in [-0.1, -0.05) is 30.7 Å². The van der Waals surface area contributed by atoms with Crippen molar-refractivity contribution in [3.8, 4) is 0 Å². The van der Waals surface area contributed by atoms with Crippen molar-refractivity contribution >= 4 is 11.6 Å². The molecule has 0 aliphatic carbocycles. The van der Waals surface area contributed by atoms with E-state index < -0.39 is 0 Å². The van der Waals surface area contributed by atoms with Crippen molar-refractivity contribution in [2.75, 3.05) is 32.8 Å². The van der Waals surface area contributed by atoms with Gasteiger partial charge in [0.25, 0.3) is 0 Å². The minimum atomic E-state index is 0.396. The lowest BCUT2D eigenvalue weighted by molar-refractivity contribution is -0.00180. The summed E-state index contributed by atoms with van der Waals surface area (Å²) in [4.78, 5) is 2.52. The predicted octanol–water partition coefficient (Wildman–Crippen LogP) is 3.10. The molecule has 2 unspecified atom stereocenters. The first-order valence-corrected chi connectivity index (χ1v) is 7.89. The molecule has 0 saturated carbocycles. The quantitative estimate of drug-likeness (QED) is 0.873. The summed E-state index contributed by atoms with van der Waals surface area (Å²) in [6.07, 6.45) is 1.11. The van der Waals surface area contributed by atoms with Gasteiger partial charge in [-0.15, -0.1) is 0 Å². The Bertz CT molecular complexity index is 396. The Labute approximate surface area is 127 Å². The molecule has 112 valence electrons. The van der Waals surface area contributed by atoms with E-state index in [-0.39, 0.29) is 0 Å². The van der Waals surface area contributed by atoms with Gasteiger partial charge in [-0.25, -0.2) is 0 Å². The third-order valence-electron chi connectivity index (χ3n) is 3.93. The number of halogens is 1. The normalized spacial score (nSPS) is 21.9. The van der Waals surface area contributed by atoms with Gasteiger partial charge >= 0.3 is 0 Å². The van der Waals surface area contributed by atoms with Gasteiger partial charge in [0.15, 0.2) is 0 Å². The van der Waals surface area contributed by atoms with E-state index in [9.17, 15) is 0 Å². The molecule has 20 heavy (non-hydrogen) atoms.